The van der Waals surface area contributed by atoms with Crippen LogP contribution in [0.1, 0.15) is 16.7 Å². The molecule has 0 atom stereocenters. The van der Waals surface area contributed by atoms with Crippen molar-refractivity contribution in [3.05, 3.63) is 59.4 Å². The summed E-state index contributed by atoms with van der Waals surface area (Å²) in [5.41, 5.74) is 5.11. The second-order valence-electron chi connectivity index (χ2n) is 4.88. The minimum absolute atomic E-state index is 0.869. The van der Waals surface area contributed by atoms with E-state index in [2.05, 4.69) is 53.4 Å². The van der Waals surface area contributed by atoms with Crippen molar-refractivity contribution in [1.82, 2.24) is 10.3 Å². The Morgan fingerprint density at radius 3 is 2.79 bits per heavy atom. The molecule has 3 heteroatoms. The SMILES string of the molecule is CNCc1cc(C)ccc1N(C)Cc1cccnc1. The number of rotatable bonds is 5. The summed E-state index contributed by atoms with van der Waals surface area (Å²) in [5, 5.41) is 3.23. The highest BCUT2D eigenvalue weighted by Crippen LogP contribution is 2.22. The summed E-state index contributed by atoms with van der Waals surface area (Å²) >= 11 is 0. The van der Waals surface area contributed by atoms with E-state index < -0.39 is 0 Å². The molecule has 0 radical (unpaired) electrons. The lowest BCUT2D eigenvalue weighted by Gasteiger charge is -2.23. The van der Waals surface area contributed by atoms with Crippen molar-refractivity contribution in [3.8, 4) is 0 Å². The summed E-state index contributed by atoms with van der Waals surface area (Å²) < 4.78 is 0. The predicted molar refractivity (Wildman–Crippen MR) is 80.3 cm³/mol. The molecule has 0 aliphatic carbocycles. The molecule has 1 aromatic carbocycles. The fourth-order valence-corrected chi connectivity index (χ4v) is 2.27. The molecule has 2 aromatic rings. The van der Waals surface area contributed by atoms with Gasteiger partial charge in [-0.25, -0.2) is 0 Å². The van der Waals surface area contributed by atoms with Crippen LogP contribution in [0, 0.1) is 6.92 Å². The zero-order valence-corrected chi connectivity index (χ0v) is 11.9. The summed E-state index contributed by atoms with van der Waals surface area (Å²) in [6.07, 6.45) is 3.73. The van der Waals surface area contributed by atoms with Crippen LogP contribution in [-0.4, -0.2) is 19.1 Å². The molecule has 1 N–H and O–H groups in total. The number of hydrogen-bond acceptors (Lipinski definition) is 3. The van der Waals surface area contributed by atoms with Crippen molar-refractivity contribution in [2.24, 2.45) is 0 Å². The zero-order chi connectivity index (χ0) is 13.7. The molecular weight excluding hydrogens is 234 g/mol. The third-order valence-electron chi connectivity index (χ3n) is 3.16. The van der Waals surface area contributed by atoms with E-state index in [0.717, 1.165) is 13.1 Å². The number of benzene rings is 1. The Hall–Kier alpha value is -1.87. The third-order valence-corrected chi connectivity index (χ3v) is 3.16. The molecule has 0 unspecified atom stereocenters. The van der Waals surface area contributed by atoms with Crippen molar-refractivity contribution in [2.75, 3.05) is 19.0 Å². The van der Waals surface area contributed by atoms with Gasteiger partial charge in [0.2, 0.25) is 0 Å². The van der Waals surface area contributed by atoms with E-state index in [4.69, 9.17) is 0 Å². The Morgan fingerprint density at radius 2 is 2.11 bits per heavy atom. The number of hydrogen-bond donors (Lipinski definition) is 1. The maximum absolute atomic E-state index is 4.17. The molecule has 0 saturated carbocycles. The van der Waals surface area contributed by atoms with E-state index >= 15 is 0 Å². The van der Waals surface area contributed by atoms with E-state index in [1.807, 2.05) is 25.5 Å². The van der Waals surface area contributed by atoms with Crippen LogP contribution in [0.5, 0.6) is 0 Å². The molecule has 100 valence electrons. The molecule has 1 heterocycles. The number of aryl methyl sites for hydroxylation is 1. The normalized spacial score (nSPS) is 10.5. The second kappa shape index (κ2) is 6.34. The topological polar surface area (TPSA) is 28.2 Å². The van der Waals surface area contributed by atoms with Gasteiger partial charge in [0, 0.05) is 38.2 Å². The first-order valence-corrected chi connectivity index (χ1v) is 6.55. The second-order valence-corrected chi connectivity index (χ2v) is 4.88. The quantitative estimate of drug-likeness (QED) is 0.890. The number of nitrogens with zero attached hydrogens (tertiary/aromatic N) is 2. The van der Waals surface area contributed by atoms with Gasteiger partial charge in [-0.1, -0.05) is 23.8 Å². The summed E-state index contributed by atoms with van der Waals surface area (Å²) in [4.78, 5) is 6.43. The minimum Gasteiger partial charge on any atom is -0.370 e. The highest BCUT2D eigenvalue weighted by Gasteiger charge is 2.08. The van der Waals surface area contributed by atoms with Crippen LogP contribution in [0.15, 0.2) is 42.7 Å². The lowest BCUT2D eigenvalue weighted by atomic mass is 10.1. The van der Waals surface area contributed by atoms with Crippen LogP contribution in [0.4, 0.5) is 5.69 Å². The Labute approximate surface area is 115 Å². The Kier molecular flexibility index (Phi) is 4.53. The molecule has 0 spiro atoms. The van der Waals surface area contributed by atoms with Gasteiger partial charge < -0.3 is 10.2 Å². The summed E-state index contributed by atoms with van der Waals surface area (Å²) in [6, 6.07) is 10.7. The van der Waals surface area contributed by atoms with E-state index in [1.54, 1.807) is 0 Å². The third kappa shape index (κ3) is 3.55. The molecule has 0 saturated heterocycles. The van der Waals surface area contributed by atoms with Crippen molar-refractivity contribution < 1.29 is 0 Å². The average Bonchev–Trinajstić information content (AvgIpc) is 2.40. The fourth-order valence-electron chi connectivity index (χ4n) is 2.27. The van der Waals surface area contributed by atoms with Crippen LogP contribution in [0.25, 0.3) is 0 Å². The van der Waals surface area contributed by atoms with Crippen molar-refractivity contribution >= 4 is 5.69 Å². The van der Waals surface area contributed by atoms with Gasteiger partial charge in [-0.15, -0.1) is 0 Å². The summed E-state index contributed by atoms with van der Waals surface area (Å²) in [5.74, 6) is 0. The Morgan fingerprint density at radius 1 is 1.26 bits per heavy atom. The van der Waals surface area contributed by atoms with Crippen molar-refractivity contribution in [3.63, 3.8) is 0 Å². The van der Waals surface area contributed by atoms with Crippen LogP contribution in [0.3, 0.4) is 0 Å². The van der Waals surface area contributed by atoms with E-state index in [0.29, 0.717) is 0 Å². The largest absolute Gasteiger partial charge is 0.370 e. The molecular formula is C16H21N3. The van der Waals surface area contributed by atoms with Gasteiger partial charge in [-0.2, -0.15) is 0 Å². The van der Waals surface area contributed by atoms with Crippen LogP contribution in [0.2, 0.25) is 0 Å². The van der Waals surface area contributed by atoms with Crippen molar-refractivity contribution in [2.45, 2.75) is 20.0 Å². The molecule has 19 heavy (non-hydrogen) atoms. The Bertz CT molecular complexity index is 523. The molecule has 0 bridgehead atoms. The van der Waals surface area contributed by atoms with Gasteiger partial charge in [0.15, 0.2) is 0 Å². The minimum atomic E-state index is 0.869. The molecule has 0 aliphatic heterocycles. The van der Waals surface area contributed by atoms with Gasteiger partial charge in [0.25, 0.3) is 0 Å². The van der Waals surface area contributed by atoms with Crippen LogP contribution >= 0.6 is 0 Å². The number of aromatic nitrogens is 1. The molecule has 3 nitrogen and oxygen atoms in total. The molecule has 2 rings (SSSR count). The summed E-state index contributed by atoms with van der Waals surface area (Å²) in [7, 11) is 4.10. The fraction of sp³-hybridized carbons (Fsp3) is 0.312. The highest BCUT2D eigenvalue weighted by molar-refractivity contribution is 5.54. The Balaban J connectivity index is 2.20. The molecule has 0 fully saturated rings. The van der Waals surface area contributed by atoms with Gasteiger partial charge in [-0.3, -0.25) is 4.98 Å². The monoisotopic (exact) mass is 255 g/mol. The summed E-state index contributed by atoms with van der Waals surface area (Å²) in [6.45, 7) is 3.88. The maximum Gasteiger partial charge on any atom is 0.0441 e. The van der Waals surface area contributed by atoms with E-state index in [9.17, 15) is 0 Å². The number of anilines is 1. The van der Waals surface area contributed by atoms with E-state index in [1.165, 1.54) is 22.4 Å². The lowest BCUT2D eigenvalue weighted by molar-refractivity contribution is 0.804. The molecule has 0 aliphatic rings. The first-order valence-electron chi connectivity index (χ1n) is 6.55. The van der Waals surface area contributed by atoms with Gasteiger partial charge in [-0.05, 0) is 37.2 Å². The highest BCUT2D eigenvalue weighted by atomic mass is 15.1. The maximum atomic E-state index is 4.17. The lowest BCUT2D eigenvalue weighted by Crippen LogP contribution is -2.19. The molecule has 1 aromatic heterocycles. The van der Waals surface area contributed by atoms with Gasteiger partial charge >= 0.3 is 0 Å². The van der Waals surface area contributed by atoms with Crippen molar-refractivity contribution in [1.29, 1.82) is 0 Å². The average molecular weight is 255 g/mol. The van der Waals surface area contributed by atoms with Crippen LogP contribution in [-0.2, 0) is 13.1 Å². The number of pyridine rings is 1. The first-order chi connectivity index (χ1) is 9.20. The zero-order valence-electron chi connectivity index (χ0n) is 11.9. The van der Waals surface area contributed by atoms with Crippen LogP contribution < -0.4 is 10.2 Å². The first kappa shape index (κ1) is 13.6. The predicted octanol–water partition coefficient (Wildman–Crippen LogP) is 2.75. The van der Waals surface area contributed by atoms with Gasteiger partial charge in [0.05, 0.1) is 0 Å². The number of nitrogens with one attached hydrogen (secondary N) is 1. The van der Waals surface area contributed by atoms with Gasteiger partial charge in [0.1, 0.15) is 0 Å². The smallest absolute Gasteiger partial charge is 0.0441 e. The molecule has 0 amide bonds. The standard InChI is InChI=1S/C16H21N3/c1-13-6-7-16(15(9-13)11-17-2)19(3)12-14-5-4-8-18-10-14/h4-10,17H,11-12H2,1-3H3. The van der Waals surface area contributed by atoms with E-state index in [-0.39, 0.29) is 0 Å².